The van der Waals surface area contributed by atoms with E-state index in [4.69, 9.17) is 11.5 Å². The van der Waals surface area contributed by atoms with Crippen LogP contribution in [0.3, 0.4) is 0 Å². The van der Waals surface area contributed by atoms with Gasteiger partial charge in [-0.1, -0.05) is 54.6 Å². The molecule has 21 heavy (non-hydrogen) atoms. The second-order valence-corrected chi connectivity index (χ2v) is 4.66. The Bertz CT molecular complexity index is 823. The first-order valence-electron chi connectivity index (χ1n) is 6.46. The Morgan fingerprint density at radius 3 is 2.00 bits per heavy atom. The number of hydrogen-bond acceptors (Lipinski definition) is 4. The summed E-state index contributed by atoms with van der Waals surface area (Å²) in [6, 6.07) is 17.7. The van der Waals surface area contributed by atoms with Gasteiger partial charge < -0.3 is 16.5 Å². The van der Waals surface area contributed by atoms with Gasteiger partial charge in [0, 0.05) is 5.56 Å². The second-order valence-electron chi connectivity index (χ2n) is 4.66. The third-order valence-electron chi connectivity index (χ3n) is 3.25. The Hall–Kier alpha value is -3.08. The van der Waals surface area contributed by atoms with Gasteiger partial charge in [0.1, 0.15) is 11.5 Å². The maximum absolute atomic E-state index is 11.6. The lowest BCUT2D eigenvalue weighted by Crippen LogP contribution is -2.16. The van der Waals surface area contributed by atoms with Gasteiger partial charge in [0.2, 0.25) is 0 Å². The van der Waals surface area contributed by atoms with Crippen molar-refractivity contribution in [3.63, 3.8) is 0 Å². The molecule has 3 rings (SSSR count). The standard InChI is InChI=1S/C16H14N4O/c17-13-14(18)19-15(20-16(13)21)12-8-6-11(7-9-12)10-4-2-1-3-5-10/h1-9H,17H2,(H3,18,19,20,21). The Balaban J connectivity index is 2.00. The van der Waals surface area contributed by atoms with Gasteiger partial charge in [-0.15, -0.1) is 0 Å². The van der Waals surface area contributed by atoms with E-state index in [1.807, 2.05) is 54.6 Å². The minimum absolute atomic E-state index is 0.0425. The number of nitrogens with two attached hydrogens (primary N) is 2. The number of benzene rings is 2. The average molecular weight is 278 g/mol. The molecule has 0 saturated heterocycles. The van der Waals surface area contributed by atoms with Gasteiger partial charge in [0.25, 0.3) is 5.56 Å². The van der Waals surface area contributed by atoms with E-state index in [9.17, 15) is 4.79 Å². The minimum atomic E-state index is -0.426. The van der Waals surface area contributed by atoms with Crippen molar-refractivity contribution < 1.29 is 0 Å². The van der Waals surface area contributed by atoms with Crippen molar-refractivity contribution >= 4 is 11.5 Å². The van der Waals surface area contributed by atoms with Crippen LogP contribution in [0.15, 0.2) is 59.4 Å². The molecule has 5 nitrogen and oxygen atoms in total. The Morgan fingerprint density at radius 2 is 1.38 bits per heavy atom. The van der Waals surface area contributed by atoms with Gasteiger partial charge in [-0.05, 0) is 11.1 Å². The van der Waals surface area contributed by atoms with E-state index in [2.05, 4.69) is 9.97 Å². The molecule has 0 fully saturated rings. The zero-order valence-electron chi connectivity index (χ0n) is 11.2. The molecule has 5 heteroatoms. The molecule has 0 atom stereocenters. The fourth-order valence-corrected chi connectivity index (χ4v) is 2.09. The largest absolute Gasteiger partial charge is 0.391 e. The van der Waals surface area contributed by atoms with E-state index in [1.54, 1.807) is 0 Å². The van der Waals surface area contributed by atoms with Gasteiger partial charge in [-0.3, -0.25) is 4.79 Å². The molecule has 3 aromatic rings. The highest BCUT2D eigenvalue weighted by atomic mass is 16.1. The maximum Gasteiger partial charge on any atom is 0.276 e. The van der Waals surface area contributed by atoms with E-state index >= 15 is 0 Å². The summed E-state index contributed by atoms with van der Waals surface area (Å²) in [5.41, 5.74) is 13.6. The summed E-state index contributed by atoms with van der Waals surface area (Å²) >= 11 is 0. The van der Waals surface area contributed by atoms with Crippen molar-refractivity contribution in [2.24, 2.45) is 0 Å². The number of hydrogen-bond donors (Lipinski definition) is 3. The lowest BCUT2D eigenvalue weighted by Gasteiger charge is -2.06. The lowest BCUT2D eigenvalue weighted by molar-refractivity contribution is 1.14. The van der Waals surface area contributed by atoms with Crippen LogP contribution in [0, 0.1) is 0 Å². The maximum atomic E-state index is 11.6. The minimum Gasteiger partial charge on any atom is -0.391 e. The first kappa shape index (κ1) is 12.9. The lowest BCUT2D eigenvalue weighted by atomic mass is 10.0. The van der Waals surface area contributed by atoms with Crippen LogP contribution >= 0.6 is 0 Å². The Labute approximate surface area is 121 Å². The van der Waals surface area contributed by atoms with Crippen LogP contribution in [0.5, 0.6) is 0 Å². The van der Waals surface area contributed by atoms with Crippen LogP contribution in [-0.2, 0) is 0 Å². The van der Waals surface area contributed by atoms with Gasteiger partial charge in [-0.25, -0.2) is 4.98 Å². The highest BCUT2D eigenvalue weighted by Crippen LogP contribution is 2.23. The number of aromatic amines is 1. The monoisotopic (exact) mass is 278 g/mol. The number of aromatic nitrogens is 2. The van der Waals surface area contributed by atoms with Crippen LogP contribution < -0.4 is 17.0 Å². The first-order valence-corrected chi connectivity index (χ1v) is 6.46. The normalized spacial score (nSPS) is 10.5. The number of nitrogen functional groups attached to an aromatic ring is 2. The Morgan fingerprint density at radius 1 is 0.810 bits per heavy atom. The van der Waals surface area contributed by atoms with Crippen LogP contribution in [0.25, 0.3) is 22.5 Å². The molecule has 0 spiro atoms. The third-order valence-corrected chi connectivity index (χ3v) is 3.25. The van der Waals surface area contributed by atoms with Crippen molar-refractivity contribution in [2.75, 3.05) is 11.5 Å². The summed E-state index contributed by atoms with van der Waals surface area (Å²) in [5, 5.41) is 0. The van der Waals surface area contributed by atoms with Crippen molar-refractivity contribution in [3.05, 3.63) is 65.0 Å². The SMILES string of the molecule is Nc1nc(-c2ccc(-c3ccccc3)cc2)[nH]c(=O)c1N. The van der Waals surface area contributed by atoms with Gasteiger partial charge in [-0.2, -0.15) is 0 Å². The van der Waals surface area contributed by atoms with Gasteiger partial charge >= 0.3 is 0 Å². The van der Waals surface area contributed by atoms with E-state index < -0.39 is 5.56 Å². The molecule has 2 aromatic carbocycles. The summed E-state index contributed by atoms with van der Waals surface area (Å²) in [5.74, 6) is 0.451. The molecule has 0 aliphatic carbocycles. The van der Waals surface area contributed by atoms with Crippen LogP contribution in [0.1, 0.15) is 0 Å². The molecule has 1 aromatic heterocycles. The number of rotatable bonds is 2. The predicted octanol–water partition coefficient (Wildman–Crippen LogP) is 2.27. The van der Waals surface area contributed by atoms with Crippen LogP contribution in [0.2, 0.25) is 0 Å². The predicted molar refractivity (Wildman–Crippen MR) is 84.6 cm³/mol. The molecular weight excluding hydrogens is 264 g/mol. The summed E-state index contributed by atoms with van der Waals surface area (Å²) in [4.78, 5) is 18.3. The average Bonchev–Trinajstić information content (AvgIpc) is 2.53. The van der Waals surface area contributed by atoms with Gasteiger partial charge in [0.15, 0.2) is 5.82 Å². The fraction of sp³-hybridized carbons (Fsp3) is 0. The molecule has 0 bridgehead atoms. The van der Waals surface area contributed by atoms with Crippen molar-refractivity contribution in [1.82, 2.24) is 9.97 Å². The summed E-state index contributed by atoms with van der Waals surface area (Å²) in [7, 11) is 0. The van der Waals surface area contributed by atoms with Crippen LogP contribution in [-0.4, -0.2) is 9.97 Å². The number of anilines is 2. The molecule has 0 saturated carbocycles. The summed E-state index contributed by atoms with van der Waals surface area (Å²) in [6.07, 6.45) is 0. The van der Waals surface area contributed by atoms with Gasteiger partial charge in [0.05, 0.1) is 0 Å². The topological polar surface area (TPSA) is 97.8 Å². The molecule has 104 valence electrons. The molecule has 0 radical (unpaired) electrons. The highest BCUT2D eigenvalue weighted by Gasteiger charge is 2.07. The van der Waals surface area contributed by atoms with Crippen molar-refractivity contribution in [3.8, 4) is 22.5 Å². The summed E-state index contributed by atoms with van der Waals surface area (Å²) < 4.78 is 0. The van der Waals surface area contributed by atoms with E-state index in [1.165, 1.54) is 0 Å². The number of nitrogens with zero attached hydrogens (tertiary/aromatic N) is 1. The highest BCUT2D eigenvalue weighted by molar-refractivity contribution is 5.69. The smallest absolute Gasteiger partial charge is 0.276 e. The van der Waals surface area contributed by atoms with Crippen molar-refractivity contribution in [2.45, 2.75) is 0 Å². The third kappa shape index (κ3) is 2.49. The zero-order valence-corrected chi connectivity index (χ0v) is 11.2. The fourth-order valence-electron chi connectivity index (χ4n) is 2.09. The molecule has 0 amide bonds. The molecule has 0 aliphatic heterocycles. The van der Waals surface area contributed by atoms with E-state index in [-0.39, 0.29) is 11.5 Å². The quantitative estimate of drug-likeness (QED) is 0.669. The van der Waals surface area contributed by atoms with E-state index in [0.29, 0.717) is 5.82 Å². The van der Waals surface area contributed by atoms with Crippen molar-refractivity contribution in [1.29, 1.82) is 0 Å². The molecule has 0 unspecified atom stereocenters. The first-order chi connectivity index (χ1) is 10.1. The number of H-pyrrole nitrogens is 1. The molecular formula is C16H14N4O. The zero-order chi connectivity index (χ0) is 14.8. The molecule has 5 N–H and O–H groups in total. The number of nitrogens with one attached hydrogen (secondary N) is 1. The Kier molecular flexibility index (Phi) is 3.16. The van der Waals surface area contributed by atoms with E-state index in [0.717, 1.165) is 16.7 Å². The molecule has 0 aliphatic rings. The second kappa shape index (κ2) is 5.13. The summed E-state index contributed by atoms with van der Waals surface area (Å²) in [6.45, 7) is 0. The molecule has 1 heterocycles. The van der Waals surface area contributed by atoms with Crippen LogP contribution in [0.4, 0.5) is 11.5 Å².